The summed E-state index contributed by atoms with van der Waals surface area (Å²) in [5.74, 6) is 1.13. The van der Waals surface area contributed by atoms with Crippen LogP contribution in [0.25, 0.3) is 0 Å². The molecule has 0 radical (unpaired) electrons. The summed E-state index contributed by atoms with van der Waals surface area (Å²) < 4.78 is 0. The summed E-state index contributed by atoms with van der Waals surface area (Å²) in [5.41, 5.74) is 4.41. The maximum absolute atomic E-state index is 4.43. The molecule has 0 fully saturated rings. The van der Waals surface area contributed by atoms with Crippen molar-refractivity contribution >= 4 is 17.5 Å². The van der Waals surface area contributed by atoms with E-state index in [-0.39, 0.29) is 0 Å². The van der Waals surface area contributed by atoms with Crippen molar-refractivity contribution in [3.8, 4) is 0 Å². The van der Waals surface area contributed by atoms with Gasteiger partial charge in [-0.2, -0.15) is 10.1 Å². The highest BCUT2D eigenvalue weighted by atomic mass is 15.3. The van der Waals surface area contributed by atoms with Crippen molar-refractivity contribution in [2.24, 2.45) is 0 Å². The lowest BCUT2D eigenvalue weighted by atomic mass is 10.1. The molecule has 23 heavy (non-hydrogen) atoms. The average Bonchev–Trinajstić information content (AvgIpc) is 2.57. The molecule has 3 rings (SSSR count). The minimum absolute atomic E-state index is 0.466. The highest BCUT2D eigenvalue weighted by molar-refractivity contribution is 5.59. The molecule has 6 heteroatoms. The Balaban J connectivity index is 1.69. The van der Waals surface area contributed by atoms with Gasteiger partial charge in [0.2, 0.25) is 5.95 Å². The van der Waals surface area contributed by atoms with Gasteiger partial charge in [-0.3, -0.25) is 4.98 Å². The number of benzene rings is 1. The zero-order valence-electron chi connectivity index (χ0n) is 13.1. The predicted octanol–water partition coefficient (Wildman–Crippen LogP) is 3.24. The second-order valence-corrected chi connectivity index (χ2v) is 5.32. The normalized spacial score (nSPS) is 10.3. The highest BCUT2D eigenvalue weighted by Gasteiger charge is 2.04. The standard InChI is InChI=1S/C17H18N6/c1-12-5-6-15(13(2)8-12)21-17-22-16(11-20-23-17)19-10-14-4-3-7-18-9-14/h3-9,11H,10H2,1-2H3,(H2,19,21,22,23). The Hall–Kier alpha value is -3.02. The molecular formula is C17H18N6. The predicted molar refractivity (Wildman–Crippen MR) is 90.6 cm³/mol. The summed E-state index contributed by atoms with van der Waals surface area (Å²) in [6.07, 6.45) is 5.17. The zero-order chi connectivity index (χ0) is 16.1. The van der Waals surface area contributed by atoms with Gasteiger partial charge in [-0.1, -0.05) is 23.8 Å². The van der Waals surface area contributed by atoms with Crippen LogP contribution >= 0.6 is 0 Å². The Morgan fingerprint density at radius 2 is 2.00 bits per heavy atom. The first-order valence-corrected chi connectivity index (χ1v) is 7.37. The number of rotatable bonds is 5. The molecule has 2 N–H and O–H groups in total. The second kappa shape index (κ2) is 6.83. The summed E-state index contributed by atoms with van der Waals surface area (Å²) in [7, 11) is 0. The molecular weight excluding hydrogens is 288 g/mol. The van der Waals surface area contributed by atoms with Crippen LogP contribution in [0.1, 0.15) is 16.7 Å². The van der Waals surface area contributed by atoms with E-state index in [1.54, 1.807) is 12.4 Å². The summed E-state index contributed by atoms with van der Waals surface area (Å²) in [4.78, 5) is 8.52. The van der Waals surface area contributed by atoms with Gasteiger partial charge in [-0.25, -0.2) is 0 Å². The molecule has 116 valence electrons. The summed E-state index contributed by atoms with van der Waals surface area (Å²) in [6, 6.07) is 10.1. The lowest BCUT2D eigenvalue weighted by Gasteiger charge is -2.10. The third-order valence-corrected chi connectivity index (χ3v) is 3.38. The van der Waals surface area contributed by atoms with Crippen molar-refractivity contribution < 1.29 is 0 Å². The van der Waals surface area contributed by atoms with Gasteiger partial charge in [-0.05, 0) is 37.1 Å². The Labute approximate surface area is 135 Å². The van der Waals surface area contributed by atoms with Crippen molar-refractivity contribution in [3.05, 3.63) is 65.6 Å². The van der Waals surface area contributed by atoms with Gasteiger partial charge < -0.3 is 10.6 Å². The first-order valence-electron chi connectivity index (χ1n) is 7.37. The molecule has 0 aliphatic carbocycles. The quantitative estimate of drug-likeness (QED) is 0.753. The van der Waals surface area contributed by atoms with Crippen LogP contribution in [0.3, 0.4) is 0 Å². The van der Waals surface area contributed by atoms with Gasteiger partial charge in [0.1, 0.15) is 0 Å². The van der Waals surface area contributed by atoms with E-state index in [2.05, 4.69) is 43.8 Å². The number of nitrogens with zero attached hydrogens (tertiary/aromatic N) is 4. The fourth-order valence-corrected chi connectivity index (χ4v) is 2.21. The number of hydrogen-bond acceptors (Lipinski definition) is 6. The maximum Gasteiger partial charge on any atom is 0.249 e. The van der Waals surface area contributed by atoms with Gasteiger partial charge in [0, 0.05) is 24.6 Å². The molecule has 0 spiro atoms. The van der Waals surface area contributed by atoms with Gasteiger partial charge in [0.25, 0.3) is 0 Å². The third-order valence-electron chi connectivity index (χ3n) is 3.38. The molecule has 1 aromatic carbocycles. The van der Waals surface area contributed by atoms with Crippen LogP contribution < -0.4 is 10.6 Å². The summed E-state index contributed by atoms with van der Waals surface area (Å²) in [5, 5.41) is 14.4. The Morgan fingerprint density at radius 3 is 2.78 bits per heavy atom. The molecule has 0 bridgehead atoms. The van der Waals surface area contributed by atoms with Crippen LogP contribution in [-0.2, 0) is 6.54 Å². The number of aryl methyl sites for hydroxylation is 2. The van der Waals surface area contributed by atoms with Gasteiger partial charge in [-0.15, -0.1) is 5.10 Å². The first-order chi connectivity index (χ1) is 11.2. The number of hydrogen-bond donors (Lipinski definition) is 2. The molecule has 0 atom stereocenters. The van der Waals surface area contributed by atoms with E-state index < -0.39 is 0 Å². The molecule has 3 aromatic rings. The number of pyridine rings is 1. The van der Waals surface area contributed by atoms with Crippen LogP contribution in [0, 0.1) is 13.8 Å². The molecule has 0 aliphatic rings. The van der Waals surface area contributed by atoms with Crippen LogP contribution in [0.2, 0.25) is 0 Å². The van der Waals surface area contributed by atoms with Crippen LogP contribution in [-0.4, -0.2) is 20.2 Å². The van der Waals surface area contributed by atoms with Gasteiger partial charge >= 0.3 is 0 Å². The van der Waals surface area contributed by atoms with Crippen molar-refractivity contribution in [1.82, 2.24) is 20.2 Å². The molecule has 0 unspecified atom stereocenters. The van der Waals surface area contributed by atoms with Crippen molar-refractivity contribution in [2.45, 2.75) is 20.4 Å². The molecule has 0 aliphatic heterocycles. The first kappa shape index (κ1) is 14.9. The Bertz CT molecular complexity index is 788. The minimum Gasteiger partial charge on any atom is -0.364 e. The fraction of sp³-hybridized carbons (Fsp3) is 0.176. The lowest BCUT2D eigenvalue weighted by molar-refractivity contribution is 0.963. The van der Waals surface area contributed by atoms with E-state index in [1.807, 2.05) is 37.4 Å². The van der Waals surface area contributed by atoms with Crippen LogP contribution in [0.5, 0.6) is 0 Å². The Morgan fingerprint density at radius 1 is 1.09 bits per heavy atom. The summed E-state index contributed by atoms with van der Waals surface area (Å²) in [6.45, 7) is 4.75. The van der Waals surface area contributed by atoms with E-state index in [9.17, 15) is 0 Å². The minimum atomic E-state index is 0.466. The molecule has 0 saturated heterocycles. The van der Waals surface area contributed by atoms with E-state index in [0.29, 0.717) is 18.3 Å². The maximum atomic E-state index is 4.43. The zero-order valence-corrected chi connectivity index (χ0v) is 13.1. The van der Waals surface area contributed by atoms with Gasteiger partial charge in [0.05, 0.1) is 6.20 Å². The number of nitrogens with one attached hydrogen (secondary N) is 2. The van der Waals surface area contributed by atoms with Crippen molar-refractivity contribution in [1.29, 1.82) is 0 Å². The van der Waals surface area contributed by atoms with Crippen LogP contribution in [0.4, 0.5) is 17.5 Å². The molecule has 2 heterocycles. The Kier molecular flexibility index (Phi) is 4.42. The van der Waals surface area contributed by atoms with Crippen LogP contribution in [0.15, 0.2) is 48.9 Å². The smallest absolute Gasteiger partial charge is 0.249 e. The molecule has 2 aromatic heterocycles. The average molecular weight is 306 g/mol. The lowest BCUT2D eigenvalue weighted by Crippen LogP contribution is -2.06. The van der Waals surface area contributed by atoms with Crippen molar-refractivity contribution in [2.75, 3.05) is 10.6 Å². The van der Waals surface area contributed by atoms with E-state index in [4.69, 9.17) is 0 Å². The number of anilines is 3. The fourth-order valence-electron chi connectivity index (χ4n) is 2.21. The van der Waals surface area contributed by atoms with E-state index in [0.717, 1.165) is 16.8 Å². The van der Waals surface area contributed by atoms with Gasteiger partial charge in [0.15, 0.2) is 5.82 Å². The SMILES string of the molecule is Cc1ccc(Nc2nncc(NCc3cccnc3)n2)c(C)c1. The third kappa shape index (κ3) is 4.00. The van der Waals surface area contributed by atoms with Crippen molar-refractivity contribution in [3.63, 3.8) is 0 Å². The van der Waals surface area contributed by atoms with E-state index in [1.165, 1.54) is 5.56 Å². The monoisotopic (exact) mass is 306 g/mol. The van der Waals surface area contributed by atoms with E-state index >= 15 is 0 Å². The molecule has 6 nitrogen and oxygen atoms in total. The largest absolute Gasteiger partial charge is 0.364 e. The topological polar surface area (TPSA) is 75.6 Å². The molecule has 0 saturated carbocycles. The highest BCUT2D eigenvalue weighted by Crippen LogP contribution is 2.19. The number of aromatic nitrogens is 4. The summed E-state index contributed by atoms with van der Waals surface area (Å²) >= 11 is 0. The molecule has 0 amide bonds. The second-order valence-electron chi connectivity index (χ2n) is 5.32.